The van der Waals surface area contributed by atoms with E-state index in [1.807, 2.05) is 6.92 Å². The normalized spacial score (nSPS) is 13.8. The third-order valence-electron chi connectivity index (χ3n) is 6.19. The Bertz CT molecular complexity index is 1640. The third-order valence-corrected chi connectivity index (χ3v) is 6.78. The van der Waals surface area contributed by atoms with Gasteiger partial charge in [-0.05, 0) is 84.2 Å². The zero-order valence-electron chi connectivity index (χ0n) is 24.8. The van der Waals surface area contributed by atoms with Gasteiger partial charge in [0, 0.05) is 6.07 Å². The number of ether oxygens (including phenoxy) is 4. The van der Waals surface area contributed by atoms with Crippen molar-refractivity contribution in [2.75, 3.05) is 36.6 Å². The van der Waals surface area contributed by atoms with Crippen molar-refractivity contribution in [3.8, 4) is 23.0 Å². The summed E-state index contributed by atoms with van der Waals surface area (Å²) in [5.74, 6) is -1.75. The lowest BCUT2D eigenvalue weighted by Crippen LogP contribution is -2.54. The molecule has 45 heavy (non-hydrogen) atoms. The average molecular weight is 685 g/mol. The number of halogens is 2. The number of para-hydroxylation sites is 1. The summed E-state index contributed by atoms with van der Waals surface area (Å²) in [4.78, 5) is 52.4. The molecule has 0 atom stereocenters. The Balaban J connectivity index is 1.60. The Kier molecular flexibility index (Phi) is 11.1. The molecule has 0 aliphatic carbocycles. The lowest BCUT2D eigenvalue weighted by Gasteiger charge is -2.27. The van der Waals surface area contributed by atoms with E-state index >= 15 is 0 Å². The third kappa shape index (κ3) is 7.98. The zero-order chi connectivity index (χ0) is 32.5. The van der Waals surface area contributed by atoms with Crippen LogP contribution in [0.5, 0.6) is 23.0 Å². The fraction of sp³-hybridized carbons (Fsp3) is 0.250. The minimum Gasteiger partial charge on any atom is -0.490 e. The Morgan fingerprint density at radius 1 is 0.933 bits per heavy atom. The van der Waals surface area contributed by atoms with Crippen molar-refractivity contribution in [1.29, 1.82) is 0 Å². The smallest absolute Gasteiger partial charge is 0.335 e. The number of nitrogens with one attached hydrogen (secondary N) is 2. The Labute approximate surface area is 267 Å². The topological polar surface area (TPSA) is 132 Å². The van der Waals surface area contributed by atoms with Crippen molar-refractivity contribution in [1.82, 2.24) is 5.32 Å². The number of rotatable bonds is 13. The molecular weight excluding hydrogens is 653 g/mol. The van der Waals surface area contributed by atoms with Gasteiger partial charge in [-0.3, -0.25) is 19.7 Å². The van der Waals surface area contributed by atoms with Crippen LogP contribution in [-0.2, 0) is 14.4 Å². The molecule has 13 heteroatoms. The number of nitrogens with zero attached hydrogens (tertiary/aromatic N) is 1. The van der Waals surface area contributed by atoms with Gasteiger partial charge in [0.2, 0.25) is 0 Å². The van der Waals surface area contributed by atoms with E-state index in [-0.39, 0.29) is 35.1 Å². The Hall–Kier alpha value is -4.91. The highest BCUT2D eigenvalue weighted by atomic mass is 79.9. The lowest BCUT2D eigenvalue weighted by molar-refractivity contribution is -0.122. The number of anilines is 2. The molecule has 1 fully saturated rings. The first-order valence-electron chi connectivity index (χ1n) is 14.1. The molecule has 11 nitrogen and oxygen atoms in total. The first-order chi connectivity index (χ1) is 21.7. The van der Waals surface area contributed by atoms with Gasteiger partial charge in [-0.2, -0.15) is 0 Å². The average Bonchev–Trinajstić information content (AvgIpc) is 3.00. The van der Waals surface area contributed by atoms with Gasteiger partial charge in [-0.25, -0.2) is 14.1 Å². The summed E-state index contributed by atoms with van der Waals surface area (Å²) in [6.07, 6.45) is 2.08. The molecule has 0 saturated carbocycles. The molecule has 4 rings (SSSR count). The maximum absolute atomic E-state index is 13.9. The van der Waals surface area contributed by atoms with E-state index < -0.39 is 36.2 Å². The summed E-state index contributed by atoms with van der Waals surface area (Å²) >= 11 is 3.40. The number of imide groups is 2. The molecule has 1 saturated heterocycles. The molecule has 0 aromatic heterocycles. The van der Waals surface area contributed by atoms with Crippen molar-refractivity contribution in [3.63, 3.8) is 0 Å². The molecule has 2 N–H and O–H groups in total. The predicted octanol–water partition coefficient (Wildman–Crippen LogP) is 5.86. The van der Waals surface area contributed by atoms with Crippen molar-refractivity contribution in [2.24, 2.45) is 0 Å². The van der Waals surface area contributed by atoms with Gasteiger partial charge in [-0.15, -0.1) is 0 Å². The summed E-state index contributed by atoms with van der Waals surface area (Å²) in [5, 5.41) is 4.64. The van der Waals surface area contributed by atoms with Gasteiger partial charge in [-0.1, -0.05) is 19.1 Å². The Morgan fingerprint density at radius 3 is 2.38 bits per heavy atom. The molecule has 0 unspecified atom stereocenters. The van der Waals surface area contributed by atoms with Crippen LogP contribution in [0.1, 0.15) is 32.8 Å². The molecule has 1 aliphatic rings. The summed E-state index contributed by atoms with van der Waals surface area (Å²) in [6, 6.07) is 12.5. The monoisotopic (exact) mass is 683 g/mol. The van der Waals surface area contributed by atoms with Crippen LogP contribution < -0.4 is 34.5 Å². The number of barbiturate groups is 1. The SMILES string of the molecule is CCCOc1ccc(N2C(=O)NC(=O)/C(=C\c3cc(Br)c(OCC(=O)Nc4ccccc4F)c(OCC)c3)C2=O)cc1OCC. The van der Waals surface area contributed by atoms with Crippen LogP contribution in [0.2, 0.25) is 0 Å². The van der Waals surface area contributed by atoms with Crippen molar-refractivity contribution in [2.45, 2.75) is 27.2 Å². The minimum atomic E-state index is -0.916. The van der Waals surface area contributed by atoms with E-state index in [0.29, 0.717) is 34.7 Å². The van der Waals surface area contributed by atoms with E-state index in [9.17, 15) is 23.6 Å². The van der Waals surface area contributed by atoms with E-state index in [2.05, 4.69) is 26.6 Å². The second kappa shape index (κ2) is 15.2. The standard InChI is InChI=1S/C32H31BrFN3O8/c1-4-13-44-25-12-11-20(17-26(25)42-5-2)37-31(40)21(30(39)36-32(37)41)14-19-15-22(33)29(27(16-19)43-6-3)45-18-28(38)35-24-10-8-7-9-23(24)34/h7-12,14-17H,4-6,13,18H2,1-3H3,(H,35,38)(H,36,39,41)/b21-14+. The van der Waals surface area contributed by atoms with Gasteiger partial charge in [0.1, 0.15) is 11.4 Å². The number of amides is 5. The first kappa shape index (κ1) is 33.0. The van der Waals surface area contributed by atoms with Crippen LogP contribution in [0.4, 0.5) is 20.6 Å². The molecule has 3 aromatic carbocycles. The maximum Gasteiger partial charge on any atom is 0.335 e. The molecular formula is C32H31BrFN3O8. The van der Waals surface area contributed by atoms with Crippen LogP contribution in [-0.4, -0.2) is 50.2 Å². The van der Waals surface area contributed by atoms with Crippen molar-refractivity contribution >= 4 is 57.1 Å². The lowest BCUT2D eigenvalue weighted by atomic mass is 10.1. The second-order valence-corrected chi connectivity index (χ2v) is 10.3. The number of carbonyl (C=O) groups is 4. The van der Waals surface area contributed by atoms with Crippen LogP contribution in [0, 0.1) is 5.82 Å². The highest BCUT2D eigenvalue weighted by Crippen LogP contribution is 2.38. The number of hydrogen-bond donors (Lipinski definition) is 2. The molecule has 0 radical (unpaired) electrons. The molecule has 1 aliphatic heterocycles. The van der Waals surface area contributed by atoms with E-state index in [1.165, 1.54) is 42.5 Å². The molecule has 3 aromatic rings. The fourth-order valence-electron chi connectivity index (χ4n) is 4.25. The van der Waals surface area contributed by atoms with Crippen LogP contribution in [0.15, 0.2) is 64.6 Å². The van der Waals surface area contributed by atoms with Crippen LogP contribution >= 0.6 is 15.9 Å². The van der Waals surface area contributed by atoms with E-state index in [4.69, 9.17) is 18.9 Å². The van der Waals surface area contributed by atoms with Gasteiger partial charge >= 0.3 is 6.03 Å². The van der Waals surface area contributed by atoms with Gasteiger partial charge in [0.05, 0.1) is 35.7 Å². The Morgan fingerprint density at radius 2 is 1.67 bits per heavy atom. The minimum absolute atomic E-state index is 0.00926. The fourth-order valence-corrected chi connectivity index (χ4v) is 4.83. The first-order valence-corrected chi connectivity index (χ1v) is 14.9. The summed E-state index contributed by atoms with van der Waals surface area (Å²) in [6.45, 7) is 6.03. The van der Waals surface area contributed by atoms with Crippen molar-refractivity contribution < 1.29 is 42.5 Å². The molecule has 5 amide bonds. The zero-order valence-corrected chi connectivity index (χ0v) is 26.4. The second-order valence-electron chi connectivity index (χ2n) is 9.45. The van der Waals surface area contributed by atoms with E-state index in [0.717, 1.165) is 11.3 Å². The number of hydrogen-bond acceptors (Lipinski definition) is 8. The summed E-state index contributed by atoms with van der Waals surface area (Å²) in [7, 11) is 0. The molecule has 1 heterocycles. The maximum atomic E-state index is 13.9. The quantitative estimate of drug-likeness (QED) is 0.169. The van der Waals surface area contributed by atoms with Gasteiger partial charge in [0.15, 0.2) is 29.6 Å². The largest absolute Gasteiger partial charge is 0.490 e. The summed E-state index contributed by atoms with van der Waals surface area (Å²) in [5.41, 5.74) is 0.234. The van der Waals surface area contributed by atoms with Crippen molar-refractivity contribution in [3.05, 3.63) is 76.0 Å². The van der Waals surface area contributed by atoms with E-state index in [1.54, 1.807) is 32.0 Å². The number of benzene rings is 3. The van der Waals surface area contributed by atoms with Crippen LogP contribution in [0.25, 0.3) is 6.08 Å². The number of carbonyl (C=O) groups excluding carboxylic acids is 4. The molecule has 236 valence electrons. The highest BCUT2D eigenvalue weighted by Gasteiger charge is 2.37. The predicted molar refractivity (Wildman–Crippen MR) is 168 cm³/mol. The van der Waals surface area contributed by atoms with Gasteiger partial charge < -0.3 is 24.3 Å². The molecule has 0 spiro atoms. The highest BCUT2D eigenvalue weighted by molar-refractivity contribution is 9.10. The van der Waals surface area contributed by atoms with Crippen LogP contribution in [0.3, 0.4) is 0 Å². The number of urea groups is 1. The summed E-state index contributed by atoms with van der Waals surface area (Å²) < 4.78 is 37.0. The van der Waals surface area contributed by atoms with Gasteiger partial charge in [0.25, 0.3) is 17.7 Å². The molecule has 0 bridgehead atoms.